The quantitative estimate of drug-likeness (QED) is 0.854. The lowest BCUT2D eigenvalue weighted by Gasteiger charge is -2.04. The topological polar surface area (TPSA) is 55.6 Å². The van der Waals surface area contributed by atoms with Gasteiger partial charge in [0.15, 0.2) is 11.6 Å². The van der Waals surface area contributed by atoms with Crippen LogP contribution in [0.25, 0.3) is 11.6 Å². The summed E-state index contributed by atoms with van der Waals surface area (Å²) in [5.41, 5.74) is 0. The highest BCUT2D eigenvalue weighted by Gasteiger charge is 2.09. The molecule has 0 saturated carbocycles. The van der Waals surface area contributed by atoms with E-state index in [9.17, 15) is 0 Å². The molecule has 0 amide bonds. The first-order valence-electron chi connectivity index (χ1n) is 4.40. The number of hydrogen-bond donors (Lipinski definition) is 1. The molecule has 0 bridgehead atoms. The first-order valence-corrected chi connectivity index (χ1v) is 5.48. The maximum Gasteiger partial charge on any atom is 0.197 e. The Morgan fingerprint density at radius 1 is 1.40 bits per heavy atom. The molecule has 0 fully saturated rings. The van der Waals surface area contributed by atoms with E-state index in [1.807, 2.05) is 24.9 Å². The van der Waals surface area contributed by atoms with Crippen LogP contribution >= 0.6 is 22.6 Å². The fourth-order valence-corrected chi connectivity index (χ4v) is 1.76. The van der Waals surface area contributed by atoms with Crippen molar-refractivity contribution in [2.75, 3.05) is 12.4 Å². The molecule has 1 N–H and O–H groups in total. The standard InChI is InChI=1S/C9H10IN5/c1-11-7-6(10)5-13-8(14-7)9-12-3-4-15(9)2/h3-5H,1-2H3,(H,11,13,14). The lowest BCUT2D eigenvalue weighted by Crippen LogP contribution is -2.02. The second kappa shape index (κ2) is 4.13. The van der Waals surface area contributed by atoms with Crippen molar-refractivity contribution in [3.63, 3.8) is 0 Å². The Balaban J connectivity index is 2.51. The van der Waals surface area contributed by atoms with Crippen LogP contribution < -0.4 is 5.32 Å². The van der Waals surface area contributed by atoms with Gasteiger partial charge in [-0.25, -0.2) is 15.0 Å². The van der Waals surface area contributed by atoms with Gasteiger partial charge in [0.1, 0.15) is 5.82 Å². The van der Waals surface area contributed by atoms with E-state index in [4.69, 9.17) is 0 Å². The van der Waals surface area contributed by atoms with Crippen molar-refractivity contribution in [2.45, 2.75) is 0 Å². The van der Waals surface area contributed by atoms with Crippen LogP contribution in [0.2, 0.25) is 0 Å². The van der Waals surface area contributed by atoms with Crippen LogP contribution in [-0.2, 0) is 7.05 Å². The number of anilines is 1. The molecule has 0 atom stereocenters. The molecule has 2 aromatic rings. The highest BCUT2D eigenvalue weighted by atomic mass is 127. The van der Waals surface area contributed by atoms with Gasteiger partial charge in [-0.05, 0) is 22.6 Å². The molecule has 2 heterocycles. The van der Waals surface area contributed by atoms with Gasteiger partial charge in [-0.2, -0.15) is 0 Å². The average molecular weight is 315 g/mol. The van der Waals surface area contributed by atoms with Gasteiger partial charge in [-0.15, -0.1) is 0 Å². The molecule has 15 heavy (non-hydrogen) atoms. The zero-order chi connectivity index (χ0) is 10.8. The van der Waals surface area contributed by atoms with E-state index in [0.717, 1.165) is 15.2 Å². The maximum absolute atomic E-state index is 4.38. The van der Waals surface area contributed by atoms with Gasteiger partial charge < -0.3 is 9.88 Å². The van der Waals surface area contributed by atoms with E-state index in [0.29, 0.717) is 5.82 Å². The number of aryl methyl sites for hydroxylation is 1. The summed E-state index contributed by atoms with van der Waals surface area (Å²) >= 11 is 2.19. The van der Waals surface area contributed by atoms with Gasteiger partial charge in [0.25, 0.3) is 0 Å². The van der Waals surface area contributed by atoms with Crippen molar-refractivity contribution in [1.29, 1.82) is 0 Å². The van der Waals surface area contributed by atoms with Gasteiger partial charge >= 0.3 is 0 Å². The average Bonchev–Trinajstić information content (AvgIpc) is 2.65. The van der Waals surface area contributed by atoms with Gasteiger partial charge in [-0.1, -0.05) is 0 Å². The van der Waals surface area contributed by atoms with Crippen molar-refractivity contribution < 1.29 is 0 Å². The van der Waals surface area contributed by atoms with Crippen molar-refractivity contribution in [1.82, 2.24) is 19.5 Å². The fourth-order valence-electron chi connectivity index (χ4n) is 1.23. The molecule has 0 aliphatic heterocycles. The number of imidazole rings is 1. The molecule has 6 heteroatoms. The second-order valence-electron chi connectivity index (χ2n) is 3.00. The third kappa shape index (κ3) is 1.94. The van der Waals surface area contributed by atoms with Crippen molar-refractivity contribution in [3.05, 3.63) is 22.2 Å². The number of halogens is 1. The molecule has 78 valence electrons. The monoisotopic (exact) mass is 315 g/mol. The minimum Gasteiger partial charge on any atom is -0.372 e. The second-order valence-corrected chi connectivity index (χ2v) is 4.16. The minimum absolute atomic E-state index is 0.632. The highest BCUT2D eigenvalue weighted by Crippen LogP contribution is 2.18. The fraction of sp³-hybridized carbons (Fsp3) is 0.222. The highest BCUT2D eigenvalue weighted by molar-refractivity contribution is 14.1. The van der Waals surface area contributed by atoms with E-state index in [-0.39, 0.29) is 0 Å². The lowest BCUT2D eigenvalue weighted by molar-refractivity contribution is 0.905. The Kier molecular flexibility index (Phi) is 2.85. The number of rotatable bonds is 2. The molecule has 0 unspecified atom stereocenters. The zero-order valence-electron chi connectivity index (χ0n) is 8.40. The summed E-state index contributed by atoms with van der Waals surface area (Å²) in [7, 11) is 3.76. The maximum atomic E-state index is 4.38. The van der Waals surface area contributed by atoms with Crippen LogP contribution in [0, 0.1) is 3.57 Å². The molecule has 5 nitrogen and oxygen atoms in total. The number of nitrogens with zero attached hydrogens (tertiary/aromatic N) is 4. The summed E-state index contributed by atoms with van der Waals surface area (Å²) in [6.45, 7) is 0. The molecule has 2 rings (SSSR count). The van der Waals surface area contributed by atoms with Gasteiger partial charge in [0, 0.05) is 32.7 Å². The predicted molar refractivity (Wildman–Crippen MR) is 66.5 cm³/mol. The first kappa shape index (κ1) is 10.3. The normalized spacial score (nSPS) is 10.3. The molecule has 0 spiro atoms. The van der Waals surface area contributed by atoms with E-state index in [2.05, 4.69) is 42.9 Å². The molecule has 0 aromatic carbocycles. The largest absolute Gasteiger partial charge is 0.372 e. The minimum atomic E-state index is 0.632. The SMILES string of the molecule is CNc1nc(-c2nccn2C)ncc1I. The van der Waals surface area contributed by atoms with E-state index >= 15 is 0 Å². The molecule has 0 radical (unpaired) electrons. The van der Waals surface area contributed by atoms with E-state index < -0.39 is 0 Å². The Hall–Kier alpha value is -1.18. The Morgan fingerprint density at radius 2 is 2.20 bits per heavy atom. The smallest absolute Gasteiger partial charge is 0.197 e. The van der Waals surface area contributed by atoms with Crippen LogP contribution in [-0.4, -0.2) is 26.6 Å². The van der Waals surface area contributed by atoms with Gasteiger partial charge in [0.05, 0.1) is 3.57 Å². The Morgan fingerprint density at radius 3 is 2.80 bits per heavy atom. The van der Waals surface area contributed by atoms with Crippen LogP contribution in [0.4, 0.5) is 5.82 Å². The van der Waals surface area contributed by atoms with Crippen LogP contribution in [0.5, 0.6) is 0 Å². The van der Waals surface area contributed by atoms with E-state index in [1.165, 1.54) is 0 Å². The Labute approximate surface area is 101 Å². The number of aromatic nitrogens is 4. The summed E-state index contributed by atoms with van der Waals surface area (Å²) < 4.78 is 2.88. The van der Waals surface area contributed by atoms with Crippen LogP contribution in [0.1, 0.15) is 0 Å². The third-order valence-corrected chi connectivity index (χ3v) is 2.79. The lowest BCUT2D eigenvalue weighted by atomic mass is 10.5. The molecule has 2 aromatic heterocycles. The number of hydrogen-bond acceptors (Lipinski definition) is 4. The molecule has 0 aliphatic carbocycles. The van der Waals surface area contributed by atoms with Gasteiger partial charge in [-0.3, -0.25) is 0 Å². The summed E-state index contributed by atoms with van der Waals surface area (Å²) in [5.74, 6) is 2.22. The summed E-state index contributed by atoms with van der Waals surface area (Å²) in [4.78, 5) is 12.8. The predicted octanol–water partition coefficient (Wildman–Crippen LogP) is 1.52. The molecular weight excluding hydrogens is 305 g/mol. The van der Waals surface area contributed by atoms with Crippen molar-refractivity contribution in [2.24, 2.45) is 7.05 Å². The molecule has 0 saturated heterocycles. The number of nitrogens with one attached hydrogen (secondary N) is 1. The first-order chi connectivity index (χ1) is 7.22. The van der Waals surface area contributed by atoms with Gasteiger partial charge in [0.2, 0.25) is 0 Å². The van der Waals surface area contributed by atoms with Crippen molar-refractivity contribution >= 4 is 28.4 Å². The third-order valence-electron chi connectivity index (χ3n) is 2.00. The van der Waals surface area contributed by atoms with E-state index in [1.54, 1.807) is 12.4 Å². The summed E-state index contributed by atoms with van der Waals surface area (Å²) in [5, 5.41) is 3.02. The van der Waals surface area contributed by atoms with Crippen LogP contribution in [0.3, 0.4) is 0 Å². The van der Waals surface area contributed by atoms with Crippen molar-refractivity contribution in [3.8, 4) is 11.6 Å². The summed E-state index contributed by atoms with van der Waals surface area (Å²) in [6.07, 6.45) is 5.38. The molecular formula is C9H10IN5. The van der Waals surface area contributed by atoms with Crippen LogP contribution in [0.15, 0.2) is 18.6 Å². The molecule has 0 aliphatic rings. The zero-order valence-corrected chi connectivity index (χ0v) is 10.6. The summed E-state index contributed by atoms with van der Waals surface area (Å²) in [6, 6.07) is 0. The Bertz CT molecular complexity index is 479.